The smallest absolute Gasteiger partial charge is 0.196 e. The van der Waals surface area contributed by atoms with Crippen molar-refractivity contribution in [3.8, 4) is 11.6 Å². The van der Waals surface area contributed by atoms with Gasteiger partial charge in [0, 0.05) is 12.3 Å². The molecule has 1 saturated heterocycles. The van der Waals surface area contributed by atoms with E-state index in [1.807, 2.05) is 13.8 Å². The summed E-state index contributed by atoms with van der Waals surface area (Å²) < 4.78 is 31.3. The van der Waals surface area contributed by atoms with Crippen molar-refractivity contribution in [3.05, 3.63) is 17.4 Å². The van der Waals surface area contributed by atoms with Gasteiger partial charge in [-0.25, -0.2) is 23.1 Å². The SMILES string of the molecule is CCc1nc(C)c(-c2nc(C3CC3)nn2C2CCS(=O)(=O)C2)o1. The zero-order valence-corrected chi connectivity index (χ0v) is 14.1. The lowest BCUT2D eigenvalue weighted by molar-refractivity contribution is 0.474. The van der Waals surface area contributed by atoms with Crippen molar-refractivity contribution in [3.63, 3.8) is 0 Å². The van der Waals surface area contributed by atoms with Crippen LogP contribution in [0, 0.1) is 6.92 Å². The molecule has 8 heteroatoms. The predicted molar refractivity (Wildman–Crippen MR) is 83.9 cm³/mol. The summed E-state index contributed by atoms with van der Waals surface area (Å²) in [6, 6.07) is -0.162. The van der Waals surface area contributed by atoms with E-state index in [0.29, 0.717) is 36.2 Å². The summed E-state index contributed by atoms with van der Waals surface area (Å²) in [5, 5.41) is 4.63. The number of aromatic nitrogens is 4. The molecule has 3 heterocycles. The first-order valence-corrected chi connectivity index (χ1v) is 9.92. The molecule has 2 fully saturated rings. The van der Waals surface area contributed by atoms with Crippen LogP contribution < -0.4 is 0 Å². The van der Waals surface area contributed by atoms with E-state index < -0.39 is 9.84 Å². The molecule has 0 aromatic carbocycles. The average Bonchev–Trinajstić information content (AvgIpc) is 2.99. The lowest BCUT2D eigenvalue weighted by Gasteiger charge is -2.10. The number of hydrogen-bond donors (Lipinski definition) is 0. The summed E-state index contributed by atoms with van der Waals surface area (Å²) in [4.78, 5) is 9.07. The van der Waals surface area contributed by atoms with Crippen molar-refractivity contribution >= 4 is 9.84 Å². The average molecular weight is 336 g/mol. The molecular formula is C15H20N4O3S. The van der Waals surface area contributed by atoms with Gasteiger partial charge in [0.1, 0.15) is 0 Å². The van der Waals surface area contributed by atoms with E-state index in [9.17, 15) is 8.42 Å². The first-order chi connectivity index (χ1) is 11.0. The van der Waals surface area contributed by atoms with E-state index in [4.69, 9.17) is 4.42 Å². The third-order valence-electron chi connectivity index (χ3n) is 4.49. The highest BCUT2D eigenvalue weighted by molar-refractivity contribution is 7.91. The van der Waals surface area contributed by atoms with E-state index >= 15 is 0 Å². The normalized spacial score (nSPS) is 23.5. The number of rotatable bonds is 4. The number of sulfone groups is 1. The monoisotopic (exact) mass is 336 g/mol. The molecule has 0 amide bonds. The van der Waals surface area contributed by atoms with Gasteiger partial charge in [-0.1, -0.05) is 6.92 Å². The first kappa shape index (κ1) is 14.9. The molecule has 0 bridgehead atoms. The fourth-order valence-electron chi connectivity index (χ4n) is 3.04. The van der Waals surface area contributed by atoms with Crippen molar-refractivity contribution in [2.45, 2.75) is 51.5 Å². The van der Waals surface area contributed by atoms with Crippen LogP contribution in [0.4, 0.5) is 0 Å². The van der Waals surface area contributed by atoms with Crippen LogP contribution in [0.15, 0.2) is 4.42 Å². The molecule has 0 spiro atoms. The zero-order valence-electron chi connectivity index (χ0n) is 13.3. The fraction of sp³-hybridized carbons (Fsp3) is 0.667. The van der Waals surface area contributed by atoms with Gasteiger partial charge < -0.3 is 4.42 Å². The van der Waals surface area contributed by atoms with E-state index in [1.165, 1.54) is 0 Å². The van der Waals surface area contributed by atoms with Crippen molar-refractivity contribution in [1.82, 2.24) is 19.7 Å². The Labute approximate surface area is 135 Å². The molecule has 7 nitrogen and oxygen atoms in total. The number of hydrogen-bond acceptors (Lipinski definition) is 6. The predicted octanol–water partition coefficient (Wildman–Crippen LogP) is 2.04. The van der Waals surface area contributed by atoms with E-state index in [-0.39, 0.29) is 17.5 Å². The lowest BCUT2D eigenvalue weighted by Crippen LogP contribution is -2.14. The van der Waals surface area contributed by atoms with Crippen LogP contribution in [-0.2, 0) is 16.3 Å². The van der Waals surface area contributed by atoms with E-state index in [2.05, 4.69) is 15.1 Å². The van der Waals surface area contributed by atoms with Crippen molar-refractivity contribution in [2.24, 2.45) is 0 Å². The molecule has 124 valence electrons. The summed E-state index contributed by atoms with van der Waals surface area (Å²) in [7, 11) is -2.98. The molecule has 2 aromatic heterocycles. The zero-order chi connectivity index (χ0) is 16.2. The van der Waals surface area contributed by atoms with E-state index in [0.717, 1.165) is 24.4 Å². The first-order valence-electron chi connectivity index (χ1n) is 8.10. The number of aryl methyl sites for hydroxylation is 2. The Morgan fingerprint density at radius 3 is 2.61 bits per heavy atom. The van der Waals surface area contributed by atoms with Crippen LogP contribution in [0.5, 0.6) is 0 Å². The quantitative estimate of drug-likeness (QED) is 0.848. The van der Waals surface area contributed by atoms with Crippen LogP contribution in [-0.4, -0.2) is 39.7 Å². The molecule has 1 unspecified atom stereocenters. The van der Waals surface area contributed by atoms with Gasteiger partial charge in [0.25, 0.3) is 0 Å². The fourth-order valence-corrected chi connectivity index (χ4v) is 4.73. The maximum atomic E-state index is 11.8. The Morgan fingerprint density at radius 2 is 2.04 bits per heavy atom. The summed E-state index contributed by atoms with van der Waals surface area (Å²) in [6.45, 7) is 3.87. The van der Waals surface area contributed by atoms with Crippen LogP contribution in [0.3, 0.4) is 0 Å². The standard InChI is InChI=1S/C15H20N4O3S/c1-3-12-16-9(2)13(22-12)15-17-14(10-4-5-10)18-19(15)11-6-7-23(20,21)8-11/h10-11H,3-8H2,1-2H3. The summed E-state index contributed by atoms with van der Waals surface area (Å²) in [6.07, 6.45) is 3.49. The molecule has 1 saturated carbocycles. The lowest BCUT2D eigenvalue weighted by atomic mass is 10.2. The van der Waals surface area contributed by atoms with Gasteiger partial charge in [0.05, 0.1) is 23.2 Å². The number of oxazole rings is 1. The molecule has 2 aromatic rings. The van der Waals surface area contributed by atoms with Gasteiger partial charge in [0.15, 0.2) is 33.1 Å². The summed E-state index contributed by atoms with van der Waals surface area (Å²) in [5.41, 5.74) is 0.777. The van der Waals surface area contributed by atoms with Crippen LogP contribution in [0.25, 0.3) is 11.6 Å². The highest BCUT2D eigenvalue weighted by Gasteiger charge is 2.36. The molecule has 0 radical (unpaired) electrons. The van der Waals surface area contributed by atoms with Crippen LogP contribution in [0.2, 0.25) is 0 Å². The Kier molecular flexibility index (Phi) is 3.33. The van der Waals surface area contributed by atoms with Gasteiger partial charge in [-0.05, 0) is 26.2 Å². The Hall–Kier alpha value is -1.70. The molecule has 1 aliphatic carbocycles. The molecule has 2 aliphatic rings. The summed E-state index contributed by atoms with van der Waals surface area (Å²) in [5.74, 6) is 3.45. The number of nitrogens with zero attached hydrogens (tertiary/aromatic N) is 4. The maximum Gasteiger partial charge on any atom is 0.196 e. The minimum absolute atomic E-state index is 0.126. The second kappa shape index (κ2) is 5.15. The minimum atomic E-state index is -2.98. The van der Waals surface area contributed by atoms with Crippen LogP contribution in [0.1, 0.15) is 55.6 Å². The molecule has 1 atom stereocenters. The molecule has 4 rings (SSSR count). The minimum Gasteiger partial charge on any atom is -0.437 e. The molecule has 0 N–H and O–H groups in total. The van der Waals surface area contributed by atoms with E-state index in [1.54, 1.807) is 4.68 Å². The van der Waals surface area contributed by atoms with Gasteiger partial charge in [-0.3, -0.25) is 0 Å². The molecule has 23 heavy (non-hydrogen) atoms. The Balaban J connectivity index is 1.79. The topological polar surface area (TPSA) is 90.9 Å². The van der Waals surface area contributed by atoms with Gasteiger partial charge in [0.2, 0.25) is 0 Å². The second-order valence-corrected chi connectivity index (χ2v) is 8.67. The Morgan fingerprint density at radius 1 is 1.26 bits per heavy atom. The van der Waals surface area contributed by atoms with Gasteiger partial charge >= 0.3 is 0 Å². The molecular weight excluding hydrogens is 316 g/mol. The van der Waals surface area contributed by atoms with Gasteiger partial charge in [-0.15, -0.1) is 0 Å². The molecule has 1 aliphatic heterocycles. The highest BCUT2D eigenvalue weighted by Crippen LogP contribution is 2.40. The third-order valence-corrected chi connectivity index (χ3v) is 6.24. The van der Waals surface area contributed by atoms with Crippen LogP contribution >= 0.6 is 0 Å². The maximum absolute atomic E-state index is 11.8. The highest BCUT2D eigenvalue weighted by atomic mass is 32.2. The van der Waals surface area contributed by atoms with Crippen molar-refractivity contribution in [2.75, 3.05) is 11.5 Å². The van der Waals surface area contributed by atoms with Crippen molar-refractivity contribution < 1.29 is 12.8 Å². The van der Waals surface area contributed by atoms with Gasteiger partial charge in [-0.2, -0.15) is 5.10 Å². The second-order valence-electron chi connectivity index (χ2n) is 6.45. The third kappa shape index (κ3) is 2.69. The summed E-state index contributed by atoms with van der Waals surface area (Å²) >= 11 is 0. The van der Waals surface area contributed by atoms with Crippen molar-refractivity contribution in [1.29, 1.82) is 0 Å². The Bertz CT molecular complexity index is 848. The largest absolute Gasteiger partial charge is 0.437 e.